The molecule has 0 aromatic carbocycles. The second kappa shape index (κ2) is 6.06. The zero-order valence-electron chi connectivity index (χ0n) is 10.1. The largest absolute Gasteiger partial charge is 0.257 e. The van der Waals surface area contributed by atoms with Crippen molar-refractivity contribution < 1.29 is 0 Å². The van der Waals surface area contributed by atoms with Crippen LogP contribution in [-0.4, -0.2) is 5.71 Å². The molecule has 84 valence electrons. The summed E-state index contributed by atoms with van der Waals surface area (Å²) in [6.45, 7) is 11.9. The van der Waals surface area contributed by atoms with Gasteiger partial charge >= 0.3 is 0 Å². The molecule has 0 aliphatic heterocycles. The van der Waals surface area contributed by atoms with Gasteiger partial charge in [-0.25, -0.2) is 0 Å². The SMILES string of the molecule is C=C/N=C1/C=CCC=C/C1=C(/C=C)C(C)C. The minimum atomic E-state index is 0.443. The second-order valence-electron chi connectivity index (χ2n) is 3.97. The van der Waals surface area contributed by atoms with Crippen molar-refractivity contribution in [3.05, 3.63) is 60.9 Å². The Morgan fingerprint density at radius 2 is 2.00 bits per heavy atom. The van der Waals surface area contributed by atoms with Gasteiger partial charge in [-0.1, -0.05) is 51.3 Å². The van der Waals surface area contributed by atoms with E-state index in [0.29, 0.717) is 5.92 Å². The zero-order chi connectivity index (χ0) is 12.0. The van der Waals surface area contributed by atoms with Crippen LogP contribution in [0.4, 0.5) is 0 Å². The topological polar surface area (TPSA) is 12.4 Å². The maximum Gasteiger partial charge on any atom is 0.0701 e. The molecule has 0 aromatic rings. The molecule has 0 aromatic heterocycles. The minimum Gasteiger partial charge on any atom is -0.257 e. The van der Waals surface area contributed by atoms with Crippen LogP contribution in [0, 0.1) is 5.92 Å². The molecular formula is C15H19N. The molecule has 0 spiro atoms. The summed E-state index contributed by atoms with van der Waals surface area (Å²) in [4.78, 5) is 4.31. The molecule has 0 heterocycles. The molecule has 0 N–H and O–H groups in total. The number of aliphatic imine (C=N–C) groups is 1. The third-order valence-corrected chi connectivity index (χ3v) is 2.49. The Balaban J connectivity index is 3.34. The average Bonchev–Trinajstić information content (AvgIpc) is 2.46. The average molecular weight is 213 g/mol. The van der Waals surface area contributed by atoms with Crippen LogP contribution in [0.1, 0.15) is 20.3 Å². The van der Waals surface area contributed by atoms with Crippen LogP contribution in [0.5, 0.6) is 0 Å². The van der Waals surface area contributed by atoms with E-state index in [1.165, 1.54) is 5.57 Å². The van der Waals surface area contributed by atoms with E-state index >= 15 is 0 Å². The van der Waals surface area contributed by atoms with Crippen LogP contribution in [0.3, 0.4) is 0 Å². The van der Waals surface area contributed by atoms with E-state index in [1.54, 1.807) is 6.20 Å². The highest BCUT2D eigenvalue weighted by atomic mass is 14.7. The van der Waals surface area contributed by atoms with Crippen LogP contribution in [-0.2, 0) is 0 Å². The molecule has 0 fully saturated rings. The number of rotatable bonds is 3. The monoisotopic (exact) mass is 213 g/mol. The van der Waals surface area contributed by atoms with Gasteiger partial charge in [-0.3, -0.25) is 4.99 Å². The van der Waals surface area contributed by atoms with Gasteiger partial charge in [0, 0.05) is 11.8 Å². The molecule has 1 nitrogen and oxygen atoms in total. The fourth-order valence-corrected chi connectivity index (χ4v) is 1.73. The molecular weight excluding hydrogens is 194 g/mol. The maximum absolute atomic E-state index is 4.31. The molecule has 1 rings (SSSR count). The van der Waals surface area contributed by atoms with Crippen LogP contribution >= 0.6 is 0 Å². The number of allylic oxidation sites excluding steroid dienone is 7. The van der Waals surface area contributed by atoms with E-state index < -0.39 is 0 Å². The first-order valence-electron chi connectivity index (χ1n) is 5.59. The summed E-state index contributed by atoms with van der Waals surface area (Å²) in [5, 5.41) is 0. The summed E-state index contributed by atoms with van der Waals surface area (Å²) < 4.78 is 0. The molecule has 0 amide bonds. The molecule has 0 atom stereocenters. The van der Waals surface area contributed by atoms with Gasteiger partial charge in [-0.2, -0.15) is 0 Å². The fraction of sp³-hybridized carbons (Fsp3) is 0.267. The Bertz CT molecular complexity index is 390. The van der Waals surface area contributed by atoms with E-state index in [9.17, 15) is 0 Å². The normalized spacial score (nSPS) is 21.1. The number of hydrogen-bond acceptors (Lipinski definition) is 1. The summed E-state index contributed by atoms with van der Waals surface area (Å²) >= 11 is 0. The lowest BCUT2D eigenvalue weighted by molar-refractivity contribution is 0.789. The van der Waals surface area contributed by atoms with Gasteiger partial charge in [0.15, 0.2) is 0 Å². The van der Waals surface area contributed by atoms with Crippen molar-refractivity contribution in [2.45, 2.75) is 20.3 Å². The Morgan fingerprint density at radius 3 is 2.56 bits per heavy atom. The molecule has 0 bridgehead atoms. The first-order valence-corrected chi connectivity index (χ1v) is 5.59. The van der Waals surface area contributed by atoms with Crippen molar-refractivity contribution in [3.63, 3.8) is 0 Å². The maximum atomic E-state index is 4.31. The summed E-state index contributed by atoms with van der Waals surface area (Å²) in [5.41, 5.74) is 3.34. The zero-order valence-corrected chi connectivity index (χ0v) is 10.1. The van der Waals surface area contributed by atoms with Gasteiger partial charge in [0.1, 0.15) is 0 Å². The van der Waals surface area contributed by atoms with E-state index in [2.05, 4.69) is 50.2 Å². The summed E-state index contributed by atoms with van der Waals surface area (Å²) in [5.74, 6) is 0.443. The predicted molar refractivity (Wildman–Crippen MR) is 72.6 cm³/mol. The second-order valence-corrected chi connectivity index (χ2v) is 3.97. The van der Waals surface area contributed by atoms with Gasteiger partial charge < -0.3 is 0 Å². The molecule has 0 radical (unpaired) electrons. The highest BCUT2D eigenvalue weighted by Gasteiger charge is 2.10. The van der Waals surface area contributed by atoms with E-state index in [-0.39, 0.29) is 0 Å². The first kappa shape index (κ1) is 12.4. The van der Waals surface area contributed by atoms with E-state index in [1.807, 2.05) is 12.2 Å². The molecule has 1 aliphatic carbocycles. The molecule has 16 heavy (non-hydrogen) atoms. The van der Waals surface area contributed by atoms with E-state index in [0.717, 1.165) is 17.7 Å². The highest BCUT2D eigenvalue weighted by molar-refractivity contribution is 6.11. The molecule has 0 unspecified atom stereocenters. The van der Waals surface area contributed by atoms with Crippen molar-refractivity contribution in [2.24, 2.45) is 10.9 Å². The number of nitrogens with zero attached hydrogens (tertiary/aromatic N) is 1. The summed E-state index contributed by atoms with van der Waals surface area (Å²) in [7, 11) is 0. The van der Waals surface area contributed by atoms with Crippen molar-refractivity contribution in [2.75, 3.05) is 0 Å². The predicted octanol–water partition coefficient (Wildman–Crippen LogP) is 4.23. The lowest BCUT2D eigenvalue weighted by Crippen LogP contribution is -2.03. The van der Waals surface area contributed by atoms with Crippen LogP contribution < -0.4 is 0 Å². The van der Waals surface area contributed by atoms with Crippen molar-refractivity contribution in [1.82, 2.24) is 0 Å². The fourth-order valence-electron chi connectivity index (χ4n) is 1.73. The quantitative estimate of drug-likeness (QED) is 0.665. The molecule has 0 saturated heterocycles. The lowest BCUT2D eigenvalue weighted by Gasteiger charge is -2.12. The molecule has 1 heteroatoms. The Labute approximate surface area is 98.3 Å². The van der Waals surface area contributed by atoms with Gasteiger partial charge in [-0.05, 0) is 24.0 Å². The Kier molecular flexibility index (Phi) is 4.71. The van der Waals surface area contributed by atoms with Gasteiger partial charge in [0.25, 0.3) is 0 Å². The lowest BCUT2D eigenvalue weighted by atomic mass is 9.94. The summed E-state index contributed by atoms with van der Waals surface area (Å²) in [6, 6.07) is 0. The van der Waals surface area contributed by atoms with Crippen LogP contribution in [0.15, 0.2) is 65.9 Å². The van der Waals surface area contributed by atoms with Crippen LogP contribution in [0.25, 0.3) is 0 Å². The smallest absolute Gasteiger partial charge is 0.0701 e. The third-order valence-electron chi connectivity index (χ3n) is 2.49. The van der Waals surface area contributed by atoms with Gasteiger partial charge in [0.2, 0.25) is 0 Å². The summed E-state index contributed by atoms with van der Waals surface area (Å²) in [6.07, 6.45) is 12.9. The molecule has 0 saturated carbocycles. The number of hydrogen-bond donors (Lipinski definition) is 0. The van der Waals surface area contributed by atoms with Gasteiger partial charge in [-0.15, -0.1) is 0 Å². The molecule has 1 aliphatic rings. The van der Waals surface area contributed by atoms with Gasteiger partial charge in [0.05, 0.1) is 5.71 Å². The first-order chi connectivity index (χ1) is 7.70. The van der Waals surface area contributed by atoms with Crippen LogP contribution in [0.2, 0.25) is 0 Å². The minimum absolute atomic E-state index is 0.443. The highest BCUT2D eigenvalue weighted by Crippen LogP contribution is 2.21. The van der Waals surface area contributed by atoms with Crippen molar-refractivity contribution in [3.8, 4) is 0 Å². The Hall–Kier alpha value is -1.63. The van der Waals surface area contributed by atoms with E-state index in [4.69, 9.17) is 0 Å². The van der Waals surface area contributed by atoms with Crippen molar-refractivity contribution in [1.29, 1.82) is 0 Å². The third kappa shape index (κ3) is 2.93. The standard InChI is InChI=1S/C15H19N/c1-5-13(12(3)4)14-10-8-7-9-11-15(14)16-6-2/h5-6,8-12H,1-2,7H2,3-4H3/b14-13+,16-15-. The Morgan fingerprint density at radius 1 is 1.31 bits per heavy atom. The van der Waals surface area contributed by atoms with Crippen molar-refractivity contribution >= 4 is 5.71 Å².